The van der Waals surface area contributed by atoms with E-state index in [0.29, 0.717) is 27.5 Å². The van der Waals surface area contributed by atoms with Gasteiger partial charge in [0.15, 0.2) is 0 Å². The highest BCUT2D eigenvalue weighted by molar-refractivity contribution is 6.31. The Kier molecular flexibility index (Phi) is 4.86. The second-order valence-electron chi connectivity index (χ2n) is 4.58. The van der Waals surface area contributed by atoms with Crippen LogP contribution in [0.4, 0.5) is 5.82 Å². The van der Waals surface area contributed by atoms with E-state index in [1.807, 2.05) is 6.07 Å². The van der Waals surface area contributed by atoms with Crippen molar-refractivity contribution in [3.8, 4) is 6.07 Å². The lowest BCUT2D eigenvalue weighted by molar-refractivity contribution is 0.0951. The minimum atomic E-state index is -0.306. The van der Waals surface area contributed by atoms with Crippen LogP contribution in [-0.4, -0.2) is 17.9 Å². The second-order valence-corrected chi connectivity index (χ2v) is 5.38. The number of nitrogens with one attached hydrogen (secondary N) is 1. The summed E-state index contributed by atoms with van der Waals surface area (Å²) in [7, 11) is 1.64. The molecule has 1 heterocycles. The Morgan fingerprint density at radius 1 is 1.32 bits per heavy atom. The highest BCUT2D eigenvalue weighted by atomic mass is 35.5. The SMILES string of the molecule is Cc1cc(N(C)NC(=O)c2ccc(Cl)cc2)nc(Cl)c1C#N. The minimum Gasteiger partial charge on any atom is -0.271 e. The predicted octanol–water partition coefficient (Wildman–Crippen LogP) is 3.35. The predicted molar refractivity (Wildman–Crippen MR) is 86.0 cm³/mol. The van der Waals surface area contributed by atoms with Gasteiger partial charge in [-0.2, -0.15) is 5.26 Å². The molecular weight excluding hydrogens is 323 g/mol. The Hall–Kier alpha value is -2.29. The van der Waals surface area contributed by atoms with E-state index in [-0.39, 0.29) is 11.1 Å². The summed E-state index contributed by atoms with van der Waals surface area (Å²) in [6, 6.07) is 10.2. The molecule has 22 heavy (non-hydrogen) atoms. The van der Waals surface area contributed by atoms with Gasteiger partial charge in [0.1, 0.15) is 17.0 Å². The molecule has 0 atom stereocenters. The van der Waals surface area contributed by atoms with Crippen LogP contribution in [-0.2, 0) is 0 Å². The monoisotopic (exact) mass is 334 g/mol. The van der Waals surface area contributed by atoms with Crippen molar-refractivity contribution in [2.75, 3.05) is 12.1 Å². The number of rotatable bonds is 3. The van der Waals surface area contributed by atoms with E-state index < -0.39 is 0 Å². The fourth-order valence-electron chi connectivity index (χ4n) is 1.80. The molecule has 112 valence electrons. The third kappa shape index (κ3) is 3.48. The van der Waals surface area contributed by atoms with Gasteiger partial charge in [-0.25, -0.2) is 4.98 Å². The fourth-order valence-corrected chi connectivity index (χ4v) is 2.20. The average Bonchev–Trinajstić information content (AvgIpc) is 2.47. The molecule has 2 aromatic rings. The Bertz CT molecular complexity index is 730. The van der Waals surface area contributed by atoms with Crippen LogP contribution in [0.3, 0.4) is 0 Å². The number of nitrogens with zero attached hydrogens (tertiary/aromatic N) is 3. The molecule has 0 aliphatic rings. The first-order valence-corrected chi connectivity index (χ1v) is 7.05. The zero-order valence-electron chi connectivity index (χ0n) is 11.9. The van der Waals surface area contributed by atoms with E-state index in [9.17, 15) is 4.79 Å². The molecule has 0 fully saturated rings. The third-order valence-electron chi connectivity index (χ3n) is 2.99. The van der Waals surface area contributed by atoms with Gasteiger partial charge in [0.05, 0.1) is 5.56 Å². The smallest absolute Gasteiger partial charge is 0.269 e. The first-order chi connectivity index (χ1) is 10.4. The molecule has 7 heteroatoms. The number of carbonyl (C=O) groups excluding carboxylic acids is 1. The minimum absolute atomic E-state index is 0.102. The number of nitriles is 1. The lowest BCUT2D eigenvalue weighted by Crippen LogP contribution is -2.40. The number of hydrogen-bond donors (Lipinski definition) is 1. The molecule has 1 aromatic carbocycles. The molecule has 0 spiro atoms. The molecule has 0 saturated heterocycles. The Labute approximate surface area is 138 Å². The first kappa shape index (κ1) is 16.1. The van der Waals surface area contributed by atoms with Gasteiger partial charge in [-0.15, -0.1) is 0 Å². The lowest BCUT2D eigenvalue weighted by Gasteiger charge is -2.20. The van der Waals surface area contributed by atoms with Crippen LogP contribution in [0.25, 0.3) is 0 Å². The number of hydrazine groups is 1. The van der Waals surface area contributed by atoms with Gasteiger partial charge in [0.25, 0.3) is 5.91 Å². The molecule has 1 N–H and O–H groups in total. The van der Waals surface area contributed by atoms with Crippen molar-refractivity contribution >= 4 is 34.9 Å². The van der Waals surface area contributed by atoms with E-state index in [1.54, 1.807) is 44.3 Å². The van der Waals surface area contributed by atoms with Gasteiger partial charge in [0.2, 0.25) is 0 Å². The number of halogens is 2. The fraction of sp³-hybridized carbons (Fsp3) is 0.133. The van der Waals surface area contributed by atoms with Crippen molar-refractivity contribution in [2.24, 2.45) is 0 Å². The topological polar surface area (TPSA) is 69.0 Å². The summed E-state index contributed by atoms with van der Waals surface area (Å²) in [4.78, 5) is 16.2. The molecule has 1 aromatic heterocycles. The molecule has 0 aliphatic carbocycles. The Morgan fingerprint density at radius 3 is 2.50 bits per heavy atom. The summed E-state index contributed by atoms with van der Waals surface area (Å²) in [5.41, 5.74) is 4.14. The summed E-state index contributed by atoms with van der Waals surface area (Å²) in [5, 5.41) is 11.1. The van der Waals surface area contributed by atoms with Crippen molar-refractivity contribution < 1.29 is 4.79 Å². The molecule has 0 unspecified atom stereocenters. The number of aryl methyl sites for hydroxylation is 1. The zero-order valence-corrected chi connectivity index (χ0v) is 13.4. The number of amides is 1. The molecule has 5 nitrogen and oxygen atoms in total. The van der Waals surface area contributed by atoms with Crippen molar-refractivity contribution in [3.63, 3.8) is 0 Å². The van der Waals surface area contributed by atoms with E-state index in [4.69, 9.17) is 28.5 Å². The van der Waals surface area contributed by atoms with Crippen LogP contribution in [0.5, 0.6) is 0 Å². The zero-order chi connectivity index (χ0) is 16.3. The summed E-state index contributed by atoms with van der Waals surface area (Å²) in [6.45, 7) is 1.75. The van der Waals surface area contributed by atoms with Gasteiger partial charge < -0.3 is 0 Å². The van der Waals surface area contributed by atoms with Crippen molar-refractivity contribution in [3.05, 3.63) is 57.2 Å². The number of aromatic nitrogens is 1. The summed E-state index contributed by atoms with van der Waals surface area (Å²) in [5.74, 6) is 0.128. The van der Waals surface area contributed by atoms with Crippen LogP contribution in [0, 0.1) is 18.3 Å². The molecule has 2 rings (SSSR count). The van der Waals surface area contributed by atoms with Crippen LogP contribution in [0.15, 0.2) is 30.3 Å². The maximum atomic E-state index is 12.1. The first-order valence-electron chi connectivity index (χ1n) is 6.30. The average molecular weight is 335 g/mol. The molecule has 0 aliphatic heterocycles. The van der Waals surface area contributed by atoms with Gasteiger partial charge in [-0.05, 0) is 42.8 Å². The summed E-state index contributed by atoms with van der Waals surface area (Å²) < 4.78 is 0. The maximum Gasteiger partial charge on any atom is 0.269 e. The standard InChI is InChI=1S/C15H12Cl2N4O/c1-9-7-13(19-14(17)12(9)8-18)21(2)20-15(22)10-3-5-11(16)6-4-10/h3-7H,1-2H3,(H,20,22). The highest BCUT2D eigenvalue weighted by Gasteiger charge is 2.13. The van der Waals surface area contributed by atoms with Crippen molar-refractivity contribution in [2.45, 2.75) is 6.92 Å². The van der Waals surface area contributed by atoms with Gasteiger partial charge in [-0.3, -0.25) is 15.2 Å². The normalized spacial score (nSPS) is 9.95. The van der Waals surface area contributed by atoms with E-state index >= 15 is 0 Å². The van der Waals surface area contributed by atoms with Crippen LogP contribution in [0.2, 0.25) is 10.2 Å². The Balaban J connectivity index is 2.19. The molecule has 1 amide bonds. The number of pyridine rings is 1. The largest absolute Gasteiger partial charge is 0.271 e. The van der Waals surface area contributed by atoms with Gasteiger partial charge in [0, 0.05) is 17.6 Å². The number of benzene rings is 1. The Morgan fingerprint density at radius 2 is 1.95 bits per heavy atom. The summed E-state index contributed by atoms with van der Waals surface area (Å²) >= 11 is 11.8. The quantitative estimate of drug-likeness (QED) is 0.690. The molecule has 0 bridgehead atoms. The number of hydrogen-bond acceptors (Lipinski definition) is 4. The summed E-state index contributed by atoms with van der Waals surface area (Å²) in [6.07, 6.45) is 0. The van der Waals surface area contributed by atoms with Crippen molar-refractivity contribution in [1.82, 2.24) is 10.4 Å². The van der Waals surface area contributed by atoms with Crippen LogP contribution in [0.1, 0.15) is 21.5 Å². The highest BCUT2D eigenvalue weighted by Crippen LogP contribution is 2.21. The molecule has 0 radical (unpaired) electrons. The second kappa shape index (κ2) is 6.65. The van der Waals surface area contributed by atoms with Crippen LogP contribution < -0.4 is 10.4 Å². The van der Waals surface area contributed by atoms with E-state index in [2.05, 4.69) is 10.4 Å². The van der Waals surface area contributed by atoms with E-state index in [0.717, 1.165) is 0 Å². The van der Waals surface area contributed by atoms with Gasteiger partial charge in [-0.1, -0.05) is 23.2 Å². The lowest BCUT2D eigenvalue weighted by atomic mass is 10.2. The molecular formula is C15H12Cl2N4O. The van der Waals surface area contributed by atoms with Crippen LogP contribution >= 0.6 is 23.2 Å². The molecule has 0 saturated carbocycles. The maximum absolute atomic E-state index is 12.1. The third-order valence-corrected chi connectivity index (χ3v) is 3.52. The van der Waals surface area contributed by atoms with E-state index in [1.165, 1.54) is 5.01 Å². The van der Waals surface area contributed by atoms with Gasteiger partial charge >= 0.3 is 0 Å². The van der Waals surface area contributed by atoms with Crippen molar-refractivity contribution in [1.29, 1.82) is 5.26 Å². The number of carbonyl (C=O) groups is 1. The number of anilines is 1.